The predicted molar refractivity (Wildman–Crippen MR) is 53.4 cm³/mol. The lowest BCUT2D eigenvalue weighted by Gasteiger charge is -2.38. The van der Waals surface area contributed by atoms with E-state index < -0.39 is 0 Å². The standard InChI is InChI=1S/C10H18OS/c1-9-4-3-7(5-8(9)11)10(9,2)6-12/h7-8,11-12H,3-6H2,1-2H3/t7-,8-,9+,10-/m1/s1. The van der Waals surface area contributed by atoms with E-state index in [0.717, 1.165) is 18.1 Å². The third-order valence-electron chi connectivity index (χ3n) is 4.79. The van der Waals surface area contributed by atoms with Crippen LogP contribution >= 0.6 is 12.6 Å². The monoisotopic (exact) mass is 186 g/mol. The lowest BCUT2D eigenvalue weighted by atomic mass is 9.70. The summed E-state index contributed by atoms with van der Waals surface area (Å²) in [6, 6.07) is 0. The summed E-state index contributed by atoms with van der Waals surface area (Å²) in [6.07, 6.45) is 3.42. The highest BCUT2D eigenvalue weighted by molar-refractivity contribution is 7.80. The van der Waals surface area contributed by atoms with Crippen LogP contribution in [0.5, 0.6) is 0 Å². The van der Waals surface area contributed by atoms with Crippen LogP contribution in [0.2, 0.25) is 0 Å². The minimum Gasteiger partial charge on any atom is -0.393 e. The summed E-state index contributed by atoms with van der Waals surface area (Å²) in [6.45, 7) is 4.54. The first-order chi connectivity index (χ1) is 5.54. The lowest BCUT2D eigenvalue weighted by molar-refractivity contribution is 0.0145. The Morgan fingerprint density at radius 1 is 1.50 bits per heavy atom. The summed E-state index contributed by atoms with van der Waals surface area (Å²) >= 11 is 4.44. The Labute approximate surface area is 80.0 Å². The summed E-state index contributed by atoms with van der Waals surface area (Å²) in [5.41, 5.74) is 0.439. The minimum atomic E-state index is -0.0756. The van der Waals surface area contributed by atoms with Crippen molar-refractivity contribution in [1.29, 1.82) is 0 Å². The molecule has 2 heteroatoms. The van der Waals surface area contributed by atoms with Crippen molar-refractivity contribution in [2.45, 2.75) is 39.2 Å². The van der Waals surface area contributed by atoms with Crippen molar-refractivity contribution in [3.63, 3.8) is 0 Å². The molecule has 0 aliphatic heterocycles. The second-order valence-electron chi connectivity index (χ2n) is 4.98. The highest BCUT2D eigenvalue weighted by Gasteiger charge is 2.62. The summed E-state index contributed by atoms with van der Waals surface area (Å²) in [4.78, 5) is 0. The Morgan fingerprint density at radius 2 is 2.17 bits per heavy atom. The van der Waals surface area contributed by atoms with Crippen LogP contribution in [0, 0.1) is 16.7 Å². The van der Waals surface area contributed by atoms with E-state index in [4.69, 9.17) is 0 Å². The highest BCUT2D eigenvalue weighted by Crippen LogP contribution is 2.65. The Balaban J connectivity index is 2.38. The molecule has 0 aromatic carbocycles. The quantitative estimate of drug-likeness (QED) is 0.601. The van der Waals surface area contributed by atoms with Crippen molar-refractivity contribution < 1.29 is 5.11 Å². The van der Waals surface area contributed by atoms with Crippen molar-refractivity contribution in [2.24, 2.45) is 16.7 Å². The van der Waals surface area contributed by atoms with Gasteiger partial charge in [-0.05, 0) is 41.8 Å². The van der Waals surface area contributed by atoms with Gasteiger partial charge in [-0.15, -0.1) is 0 Å². The van der Waals surface area contributed by atoms with Gasteiger partial charge in [0.2, 0.25) is 0 Å². The van der Waals surface area contributed by atoms with Gasteiger partial charge in [0.15, 0.2) is 0 Å². The van der Waals surface area contributed by atoms with Crippen molar-refractivity contribution in [3.8, 4) is 0 Å². The molecule has 2 aliphatic carbocycles. The molecule has 0 saturated heterocycles. The maximum atomic E-state index is 9.91. The van der Waals surface area contributed by atoms with E-state index in [0.29, 0.717) is 0 Å². The molecule has 0 unspecified atom stereocenters. The third-order valence-corrected chi connectivity index (χ3v) is 5.45. The fraction of sp³-hybridized carbons (Fsp3) is 1.00. The summed E-state index contributed by atoms with van der Waals surface area (Å²) in [5.74, 6) is 1.64. The Morgan fingerprint density at radius 3 is 2.42 bits per heavy atom. The molecule has 70 valence electrons. The molecule has 2 bridgehead atoms. The van der Waals surface area contributed by atoms with Crippen LogP contribution in [-0.2, 0) is 0 Å². The van der Waals surface area contributed by atoms with Crippen molar-refractivity contribution in [2.75, 3.05) is 5.75 Å². The zero-order valence-electron chi connectivity index (χ0n) is 7.88. The van der Waals surface area contributed by atoms with E-state index in [2.05, 4.69) is 26.5 Å². The second kappa shape index (κ2) is 2.42. The number of aliphatic hydroxyl groups excluding tert-OH is 1. The average molecular weight is 186 g/mol. The number of thiol groups is 1. The predicted octanol–water partition coefficient (Wildman–Crippen LogP) is 2.10. The first kappa shape index (κ1) is 8.89. The van der Waals surface area contributed by atoms with Gasteiger partial charge in [0, 0.05) is 0 Å². The SMILES string of the molecule is C[C@]12CC[C@H](C[C@H]1O)[C@@]2(C)CS. The maximum absolute atomic E-state index is 9.91. The Hall–Kier alpha value is 0.310. The fourth-order valence-corrected chi connectivity index (χ4v) is 3.93. The maximum Gasteiger partial charge on any atom is 0.0602 e. The van der Waals surface area contributed by atoms with Crippen LogP contribution in [0.1, 0.15) is 33.1 Å². The molecule has 0 heterocycles. The smallest absolute Gasteiger partial charge is 0.0602 e. The normalized spacial score (nSPS) is 58.0. The first-order valence-electron chi connectivity index (χ1n) is 4.83. The number of fused-ring (bicyclic) bond motifs is 2. The van der Waals surface area contributed by atoms with Gasteiger partial charge in [-0.1, -0.05) is 13.8 Å². The molecule has 2 aliphatic rings. The van der Waals surface area contributed by atoms with Gasteiger partial charge >= 0.3 is 0 Å². The third kappa shape index (κ3) is 0.759. The molecule has 12 heavy (non-hydrogen) atoms. The first-order valence-corrected chi connectivity index (χ1v) is 5.47. The van der Waals surface area contributed by atoms with E-state index in [1.165, 1.54) is 12.8 Å². The zero-order valence-corrected chi connectivity index (χ0v) is 8.77. The van der Waals surface area contributed by atoms with E-state index in [9.17, 15) is 5.11 Å². The molecular weight excluding hydrogens is 168 g/mol. The van der Waals surface area contributed by atoms with Gasteiger partial charge in [-0.2, -0.15) is 12.6 Å². The topological polar surface area (TPSA) is 20.2 Å². The molecule has 2 rings (SSSR count). The average Bonchev–Trinajstić information content (AvgIpc) is 2.39. The molecule has 2 saturated carbocycles. The van der Waals surface area contributed by atoms with Crippen molar-refractivity contribution in [1.82, 2.24) is 0 Å². The van der Waals surface area contributed by atoms with Crippen LogP contribution in [-0.4, -0.2) is 17.0 Å². The Bertz CT molecular complexity index is 204. The summed E-state index contributed by atoms with van der Waals surface area (Å²) in [7, 11) is 0. The van der Waals surface area contributed by atoms with Gasteiger partial charge in [0.25, 0.3) is 0 Å². The van der Waals surface area contributed by atoms with Crippen LogP contribution < -0.4 is 0 Å². The van der Waals surface area contributed by atoms with Crippen molar-refractivity contribution >= 4 is 12.6 Å². The summed E-state index contributed by atoms with van der Waals surface area (Å²) in [5, 5.41) is 9.91. The minimum absolute atomic E-state index is 0.0756. The van der Waals surface area contributed by atoms with E-state index in [1.807, 2.05) is 0 Å². The number of hydrogen-bond donors (Lipinski definition) is 2. The molecule has 0 spiro atoms. The Kier molecular flexibility index (Phi) is 1.79. The second-order valence-corrected chi connectivity index (χ2v) is 5.30. The van der Waals surface area contributed by atoms with Crippen molar-refractivity contribution in [3.05, 3.63) is 0 Å². The van der Waals surface area contributed by atoms with Crippen LogP contribution in [0.4, 0.5) is 0 Å². The molecule has 0 amide bonds. The van der Waals surface area contributed by atoms with Crippen LogP contribution in [0.25, 0.3) is 0 Å². The van der Waals surface area contributed by atoms with Gasteiger partial charge in [0.1, 0.15) is 0 Å². The molecule has 0 aromatic rings. The zero-order chi connectivity index (χ0) is 8.98. The molecule has 1 N–H and O–H groups in total. The van der Waals surface area contributed by atoms with E-state index in [-0.39, 0.29) is 16.9 Å². The van der Waals surface area contributed by atoms with Gasteiger partial charge in [-0.25, -0.2) is 0 Å². The lowest BCUT2D eigenvalue weighted by Crippen LogP contribution is -2.38. The number of aliphatic hydroxyl groups is 1. The molecule has 1 nitrogen and oxygen atoms in total. The van der Waals surface area contributed by atoms with E-state index in [1.54, 1.807) is 0 Å². The van der Waals surface area contributed by atoms with E-state index >= 15 is 0 Å². The van der Waals surface area contributed by atoms with Gasteiger partial charge < -0.3 is 5.11 Å². The molecule has 4 atom stereocenters. The molecular formula is C10H18OS. The van der Waals surface area contributed by atoms with Gasteiger partial charge in [0.05, 0.1) is 6.10 Å². The number of rotatable bonds is 1. The summed E-state index contributed by atoms with van der Waals surface area (Å²) < 4.78 is 0. The van der Waals surface area contributed by atoms with Gasteiger partial charge in [-0.3, -0.25) is 0 Å². The van der Waals surface area contributed by atoms with Crippen LogP contribution in [0.15, 0.2) is 0 Å². The number of hydrogen-bond acceptors (Lipinski definition) is 2. The molecule has 0 radical (unpaired) electrons. The van der Waals surface area contributed by atoms with Crippen LogP contribution in [0.3, 0.4) is 0 Å². The molecule has 0 aromatic heterocycles. The largest absolute Gasteiger partial charge is 0.393 e. The highest BCUT2D eigenvalue weighted by atomic mass is 32.1. The molecule has 2 fully saturated rings. The fourth-order valence-electron chi connectivity index (χ4n) is 3.31.